The van der Waals surface area contributed by atoms with Crippen LogP contribution in [-0.2, 0) is 12.5 Å². The highest BCUT2D eigenvalue weighted by atomic mass is 35.5. The first-order valence-corrected chi connectivity index (χ1v) is 6.29. The molecule has 1 aromatic carbocycles. The Bertz CT molecular complexity index is 506. The molecule has 1 heterocycles. The van der Waals surface area contributed by atoms with E-state index in [9.17, 15) is 0 Å². The van der Waals surface area contributed by atoms with Crippen molar-refractivity contribution >= 4 is 11.6 Å². The van der Waals surface area contributed by atoms with E-state index in [1.54, 1.807) is 18.5 Å². The zero-order chi connectivity index (χ0) is 13.0. The second kappa shape index (κ2) is 5.83. The molecule has 0 bridgehead atoms. The lowest BCUT2D eigenvalue weighted by Gasteiger charge is -2.12. The van der Waals surface area contributed by atoms with Crippen molar-refractivity contribution in [3.8, 4) is 5.75 Å². The molecule has 0 aliphatic rings. The van der Waals surface area contributed by atoms with Gasteiger partial charge in [0.2, 0.25) is 0 Å². The fourth-order valence-electron chi connectivity index (χ4n) is 1.89. The van der Waals surface area contributed by atoms with Crippen molar-refractivity contribution in [1.82, 2.24) is 9.97 Å². The summed E-state index contributed by atoms with van der Waals surface area (Å²) in [7, 11) is 0. The van der Waals surface area contributed by atoms with Crippen LogP contribution < -0.4 is 4.74 Å². The van der Waals surface area contributed by atoms with Crippen LogP contribution in [0.4, 0.5) is 0 Å². The average molecular weight is 263 g/mol. The van der Waals surface area contributed by atoms with E-state index >= 15 is 0 Å². The largest absolute Gasteiger partial charge is 0.485 e. The number of hydrogen-bond donors (Lipinski definition) is 0. The van der Waals surface area contributed by atoms with E-state index in [4.69, 9.17) is 16.3 Å². The number of aryl methyl sites for hydroxylation is 2. The maximum absolute atomic E-state index is 5.84. The fraction of sp³-hybridized carbons (Fsp3) is 0.286. The van der Waals surface area contributed by atoms with Crippen LogP contribution in [0.3, 0.4) is 0 Å². The van der Waals surface area contributed by atoms with E-state index in [0.717, 1.165) is 22.4 Å². The Labute approximate surface area is 112 Å². The van der Waals surface area contributed by atoms with Gasteiger partial charge in [-0.15, -0.1) is 11.6 Å². The number of aromatic nitrogens is 2. The van der Waals surface area contributed by atoms with Crippen LogP contribution in [-0.4, -0.2) is 9.97 Å². The molecule has 18 heavy (non-hydrogen) atoms. The van der Waals surface area contributed by atoms with Gasteiger partial charge in [-0.1, -0.05) is 12.1 Å². The molecule has 3 nitrogen and oxygen atoms in total. The highest BCUT2D eigenvalue weighted by Crippen LogP contribution is 2.26. The highest BCUT2D eigenvalue weighted by molar-refractivity contribution is 6.17. The van der Waals surface area contributed by atoms with Gasteiger partial charge in [0.1, 0.15) is 12.4 Å². The summed E-state index contributed by atoms with van der Waals surface area (Å²) in [5, 5.41) is 0. The number of alkyl halides is 1. The predicted octanol–water partition coefficient (Wildman–Crippen LogP) is 3.41. The monoisotopic (exact) mass is 262 g/mol. The molecule has 94 valence electrons. The first-order chi connectivity index (χ1) is 8.70. The van der Waals surface area contributed by atoms with Crippen LogP contribution in [0.2, 0.25) is 0 Å². The van der Waals surface area contributed by atoms with Gasteiger partial charge in [-0.05, 0) is 36.6 Å². The summed E-state index contributed by atoms with van der Waals surface area (Å²) in [5.74, 6) is 2.08. The Balaban J connectivity index is 2.15. The lowest BCUT2D eigenvalue weighted by molar-refractivity contribution is 0.291. The molecule has 0 spiro atoms. The predicted molar refractivity (Wildman–Crippen MR) is 71.8 cm³/mol. The first kappa shape index (κ1) is 12.8. The summed E-state index contributed by atoms with van der Waals surface area (Å²) in [5.41, 5.74) is 3.28. The van der Waals surface area contributed by atoms with E-state index in [1.165, 1.54) is 0 Å². The van der Waals surface area contributed by atoms with Gasteiger partial charge in [0.15, 0.2) is 5.82 Å². The smallest absolute Gasteiger partial charge is 0.166 e. The second-order valence-corrected chi connectivity index (χ2v) is 4.41. The van der Waals surface area contributed by atoms with E-state index in [0.29, 0.717) is 18.3 Å². The van der Waals surface area contributed by atoms with Crippen LogP contribution in [0.5, 0.6) is 5.75 Å². The van der Waals surface area contributed by atoms with Crippen LogP contribution >= 0.6 is 11.6 Å². The fourth-order valence-corrected chi connectivity index (χ4v) is 2.04. The lowest BCUT2D eigenvalue weighted by atomic mass is 10.1. The summed E-state index contributed by atoms with van der Waals surface area (Å²) >= 11 is 5.84. The van der Waals surface area contributed by atoms with Gasteiger partial charge >= 0.3 is 0 Å². The molecule has 0 fully saturated rings. The maximum Gasteiger partial charge on any atom is 0.166 e. The van der Waals surface area contributed by atoms with Gasteiger partial charge in [0.25, 0.3) is 0 Å². The molecular formula is C14H15ClN2O. The van der Waals surface area contributed by atoms with Crippen LogP contribution in [0.1, 0.15) is 22.5 Å². The lowest BCUT2D eigenvalue weighted by Crippen LogP contribution is -2.03. The SMILES string of the molecule is Cc1cc(CCl)cc(C)c1OCc1ncccn1. The summed E-state index contributed by atoms with van der Waals surface area (Å²) < 4.78 is 5.79. The van der Waals surface area contributed by atoms with Crippen molar-refractivity contribution in [2.45, 2.75) is 26.3 Å². The van der Waals surface area contributed by atoms with Gasteiger partial charge in [-0.2, -0.15) is 0 Å². The van der Waals surface area contributed by atoms with Crippen LogP contribution in [0.15, 0.2) is 30.6 Å². The minimum Gasteiger partial charge on any atom is -0.485 e. The van der Waals surface area contributed by atoms with Crippen molar-refractivity contribution < 1.29 is 4.74 Å². The number of hydrogen-bond acceptors (Lipinski definition) is 3. The third-order valence-electron chi connectivity index (χ3n) is 2.64. The van der Waals surface area contributed by atoms with Crippen LogP contribution in [0, 0.1) is 13.8 Å². The van der Waals surface area contributed by atoms with Gasteiger partial charge in [-0.25, -0.2) is 9.97 Å². The Hall–Kier alpha value is -1.61. The maximum atomic E-state index is 5.84. The molecule has 0 unspecified atom stereocenters. The number of nitrogens with zero attached hydrogens (tertiary/aromatic N) is 2. The number of benzene rings is 1. The average Bonchev–Trinajstić information content (AvgIpc) is 2.38. The quantitative estimate of drug-likeness (QED) is 0.792. The zero-order valence-corrected chi connectivity index (χ0v) is 11.2. The topological polar surface area (TPSA) is 35.0 Å². The van der Waals surface area contributed by atoms with Gasteiger partial charge in [0.05, 0.1) is 0 Å². The molecule has 0 radical (unpaired) electrons. The van der Waals surface area contributed by atoms with Crippen molar-refractivity contribution in [1.29, 1.82) is 0 Å². The summed E-state index contributed by atoms with van der Waals surface area (Å²) in [6, 6.07) is 5.87. The molecular weight excluding hydrogens is 248 g/mol. The van der Waals surface area contributed by atoms with E-state index in [1.807, 2.05) is 26.0 Å². The minimum atomic E-state index is 0.378. The number of halogens is 1. The molecule has 4 heteroatoms. The summed E-state index contributed by atoms with van der Waals surface area (Å²) in [4.78, 5) is 8.26. The summed E-state index contributed by atoms with van der Waals surface area (Å²) in [6.07, 6.45) is 3.42. The first-order valence-electron chi connectivity index (χ1n) is 5.75. The molecule has 1 aromatic heterocycles. The Morgan fingerprint density at radius 3 is 2.28 bits per heavy atom. The Kier molecular flexibility index (Phi) is 4.15. The second-order valence-electron chi connectivity index (χ2n) is 4.15. The van der Waals surface area contributed by atoms with Gasteiger partial charge in [-0.3, -0.25) is 0 Å². The molecule has 0 saturated heterocycles. The minimum absolute atomic E-state index is 0.378. The molecule has 0 aliphatic carbocycles. The molecule has 0 amide bonds. The molecule has 2 rings (SSSR count). The third-order valence-corrected chi connectivity index (χ3v) is 2.95. The molecule has 0 atom stereocenters. The molecule has 0 aliphatic heterocycles. The van der Waals surface area contributed by atoms with Crippen molar-refractivity contribution in [3.63, 3.8) is 0 Å². The normalized spacial score (nSPS) is 10.4. The number of ether oxygens (including phenoxy) is 1. The standard InChI is InChI=1S/C14H15ClN2O/c1-10-6-12(8-15)7-11(2)14(10)18-9-13-16-4-3-5-17-13/h3-7H,8-9H2,1-2H3. The van der Waals surface area contributed by atoms with Gasteiger partial charge < -0.3 is 4.74 Å². The van der Waals surface area contributed by atoms with Crippen LogP contribution in [0.25, 0.3) is 0 Å². The molecule has 0 saturated carbocycles. The third kappa shape index (κ3) is 2.99. The highest BCUT2D eigenvalue weighted by Gasteiger charge is 2.07. The van der Waals surface area contributed by atoms with E-state index in [-0.39, 0.29) is 0 Å². The van der Waals surface area contributed by atoms with Crippen molar-refractivity contribution in [3.05, 3.63) is 53.1 Å². The Morgan fingerprint density at radius 1 is 1.11 bits per heavy atom. The van der Waals surface area contributed by atoms with Crippen molar-refractivity contribution in [2.75, 3.05) is 0 Å². The van der Waals surface area contributed by atoms with E-state index < -0.39 is 0 Å². The van der Waals surface area contributed by atoms with Crippen molar-refractivity contribution in [2.24, 2.45) is 0 Å². The molecule has 0 N–H and O–H groups in total. The van der Waals surface area contributed by atoms with E-state index in [2.05, 4.69) is 9.97 Å². The zero-order valence-electron chi connectivity index (χ0n) is 10.5. The Morgan fingerprint density at radius 2 is 1.72 bits per heavy atom. The summed E-state index contributed by atoms with van der Waals surface area (Å²) in [6.45, 7) is 4.41. The number of rotatable bonds is 4. The van der Waals surface area contributed by atoms with Gasteiger partial charge in [0, 0.05) is 18.3 Å². The molecule has 2 aromatic rings.